The van der Waals surface area contributed by atoms with Gasteiger partial charge in [-0.2, -0.15) is 0 Å². The fraction of sp³-hybridized carbons (Fsp3) is 0.333. The second-order valence-electron chi connectivity index (χ2n) is 5.74. The second-order valence-corrected chi connectivity index (χ2v) is 5.74. The van der Waals surface area contributed by atoms with Gasteiger partial charge < -0.3 is 19.5 Å². The number of nitrogens with zero attached hydrogens (tertiary/aromatic N) is 3. The monoisotopic (exact) mass is 328 g/mol. The molecule has 0 fully saturated rings. The van der Waals surface area contributed by atoms with Crippen molar-refractivity contribution in [2.24, 2.45) is 7.05 Å². The summed E-state index contributed by atoms with van der Waals surface area (Å²) in [4.78, 5) is 18.7. The fourth-order valence-corrected chi connectivity index (χ4v) is 2.40. The zero-order valence-electron chi connectivity index (χ0n) is 14.6. The molecule has 1 aromatic heterocycles. The summed E-state index contributed by atoms with van der Waals surface area (Å²) in [6.45, 7) is 0.704. The zero-order chi connectivity index (χ0) is 17.5. The molecule has 0 aliphatic rings. The van der Waals surface area contributed by atoms with Gasteiger partial charge in [0.15, 0.2) is 0 Å². The lowest BCUT2D eigenvalue weighted by molar-refractivity contribution is -0.117. The normalized spacial score (nSPS) is 12.5. The number of hydrogen-bond acceptors (Lipinski definition) is 4. The molecule has 1 heterocycles. The van der Waals surface area contributed by atoms with Crippen LogP contribution in [-0.4, -0.2) is 48.1 Å². The van der Waals surface area contributed by atoms with E-state index in [9.17, 15) is 4.79 Å². The number of nitrogens with one attached hydrogen (secondary N) is 1. The largest absolute Gasteiger partial charge is 0.496 e. The Morgan fingerprint density at radius 1 is 1.42 bits per heavy atom. The first kappa shape index (κ1) is 17.7. The average molecular weight is 328 g/mol. The lowest BCUT2D eigenvalue weighted by Gasteiger charge is -2.20. The first-order valence-electron chi connectivity index (χ1n) is 7.74. The maximum atomic E-state index is 12.3. The third-order valence-electron chi connectivity index (χ3n) is 3.59. The van der Waals surface area contributed by atoms with E-state index in [1.807, 2.05) is 67.1 Å². The van der Waals surface area contributed by atoms with Crippen molar-refractivity contribution in [1.82, 2.24) is 19.8 Å². The summed E-state index contributed by atoms with van der Waals surface area (Å²) in [6, 6.07) is 7.23. The predicted octanol–water partition coefficient (Wildman–Crippen LogP) is 1.75. The van der Waals surface area contributed by atoms with E-state index >= 15 is 0 Å². The summed E-state index contributed by atoms with van der Waals surface area (Å²) in [5.41, 5.74) is 0.864. The van der Waals surface area contributed by atoms with Crippen molar-refractivity contribution in [1.29, 1.82) is 0 Å². The molecule has 1 unspecified atom stereocenters. The minimum Gasteiger partial charge on any atom is -0.496 e. The van der Waals surface area contributed by atoms with Gasteiger partial charge in [-0.3, -0.25) is 4.79 Å². The van der Waals surface area contributed by atoms with Crippen molar-refractivity contribution in [2.45, 2.75) is 6.04 Å². The molecule has 0 aliphatic carbocycles. The van der Waals surface area contributed by atoms with Gasteiger partial charge in [0, 0.05) is 37.6 Å². The van der Waals surface area contributed by atoms with Gasteiger partial charge >= 0.3 is 0 Å². The highest BCUT2D eigenvalue weighted by Gasteiger charge is 2.22. The van der Waals surface area contributed by atoms with Gasteiger partial charge in [0.05, 0.1) is 7.11 Å². The van der Waals surface area contributed by atoms with E-state index in [0.29, 0.717) is 12.3 Å². The number of amides is 1. The van der Waals surface area contributed by atoms with Crippen LogP contribution < -0.4 is 10.1 Å². The molecule has 128 valence electrons. The SMILES string of the molecule is COc1ccccc1C(NC(=O)/C=C/CN(C)C)c1nccn1C. The molecule has 1 aromatic carbocycles. The van der Waals surface area contributed by atoms with E-state index in [-0.39, 0.29) is 5.91 Å². The van der Waals surface area contributed by atoms with E-state index in [4.69, 9.17) is 4.74 Å². The van der Waals surface area contributed by atoms with Crippen molar-refractivity contribution in [3.63, 3.8) is 0 Å². The van der Waals surface area contributed by atoms with Crippen LogP contribution in [0.1, 0.15) is 17.4 Å². The summed E-state index contributed by atoms with van der Waals surface area (Å²) in [5, 5.41) is 3.02. The van der Waals surface area contributed by atoms with Gasteiger partial charge in [-0.05, 0) is 20.2 Å². The highest BCUT2D eigenvalue weighted by Crippen LogP contribution is 2.28. The topological polar surface area (TPSA) is 59.4 Å². The van der Waals surface area contributed by atoms with Gasteiger partial charge in [-0.15, -0.1) is 0 Å². The molecule has 2 aromatic rings. The molecular weight excluding hydrogens is 304 g/mol. The molecule has 1 amide bonds. The number of carbonyl (C=O) groups is 1. The highest BCUT2D eigenvalue weighted by molar-refractivity contribution is 5.88. The van der Waals surface area contributed by atoms with Crippen molar-refractivity contribution in [3.8, 4) is 5.75 Å². The summed E-state index contributed by atoms with van der Waals surface area (Å²) < 4.78 is 7.34. The number of carbonyl (C=O) groups excluding carboxylic acids is 1. The lowest BCUT2D eigenvalue weighted by Crippen LogP contribution is -2.30. The van der Waals surface area contributed by atoms with Crippen LogP contribution in [0.3, 0.4) is 0 Å². The molecule has 6 nitrogen and oxygen atoms in total. The molecular formula is C18H24N4O2. The zero-order valence-corrected chi connectivity index (χ0v) is 14.6. The lowest BCUT2D eigenvalue weighted by atomic mass is 10.0. The second kappa shape index (κ2) is 8.31. The Morgan fingerprint density at radius 3 is 2.79 bits per heavy atom. The smallest absolute Gasteiger partial charge is 0.244 e. The van der Waals surface area contributed by atoms with E-state index in [2.05, 4.69) is 10.3 Å². The molecule has 0 saturated carbocycles. The number of imidazole rings is 1. The number of aromatic nitrogens is 2. The van der Waals surface area contributed by atoms with Gasteiger partial charge in [0.2, 0.25) is 5.91 Å². The molecule has 24 heavy (non-hydrogen) atoms. The Morgan fingerprint density at radius 2 is 2.17 bits per heavy atom. The quantitative estimate of drug-likeness (QED) is 0.787. The van der Waals surface area contributed by atoms with Crippen LogP contribution in [0.25, 0.3) is 0 Å². The first-order valence-corrected chi connectivity index (χ1v) is 7.74. The fourth-order valence-electron chi connectivity index (χ4n) is 2.40. The molecule has 0 aliphatic heterocycles. The Labute approximate surface area is 142 Å². The van der Waals surface area contributed by atoms with E-state index in [1.165, 1.54) is 0 Å². The van der Waals surface area contributed by atoms with Crippen LogP contribution in [0.15, 0.2) is 48.8 Å². The van der Waals surface area contributed by atoms with Gasteiger partial charge in [0.25, 0.3) is 0 Å². The Hall–Kier alpha value is -2.60. The number of benzene rings is 1. The third kappa shape index (κ3) is 4.45. The van der Waals surface area contributed by atoms with Crippen LogP contribution in [0.4, 0.5) is 0 Å². The molecule has 0 saturated heterocycles. The number of methoxy groups -OCH3 is 1. The van der Waals surface area contributed by atoms with Crippen molar-refractivity contribution in [2.75, 3.05) is 27.7 Å². The average Bonchev–Trinajstić information content (AvgIpc) is 2.98. The van der Waals surface area contributed by atoms with E-state index < -0.39 is 6.04 Å². The van der Waals surface area contributed by atoms with Crippen molar-refractivity contribution < 1.29 is 9.53 Å². The molecule has 0 spiro atoms. The van der Waals surface area contributed by atoms with Gasteiger partial charge in [-0.1, -0.05) is 24.3 Å². The molecule has 0 radical (unpaired) electrons. The molecule has 0 bridgehead atoms. The van der Waals surface area contributed by atoms with Crippen LogP contribution in [0, 0.1) is 0 Å². The van der Waals surface area contributed by atoms with Crippen molar-refractivity contribution in [3.05, 3.63) is 60.2 Å². The minimum atomic E-state index is -0.391. The van der Waals surface area contributed by atoms with Crippen LogP contribution >= 0.6 is 0 Å². The van der Waals surface area contributed by atoms with Gasteiger partial charge in [0.1, 0.15) is 17.6 Å². The number of aryl methyl sites for hydroxylation is 1. The summed E-state index contributed by atoms with van der Waals surface area (Å²) in [7, 11) is 7.42. The maximum absolute atomic E-state index is 12.3. The maximum Gasteiger partial charge on any atom is 0.244 e. The van der Waals surface area contributed by atoms with E-state index in [0.717, 1.165) is 11.4 Å². The Kier molecular flexibility index (Phi) is 6.14. The van der Waals surface area contributed by atoms with E-state index in [1.54, 1.807) is 19.4 Å². The summed E-state index contributed by atoms with van der Waals surface area (Å²) in [6.07, 6.45) is 6.94. The van der Waals surface area contributed by atoms with Crippen molar-refractivity contribution >= 4 is 5.91 Å². The number of rotatable bonds is 7. The summed E-state index contributed by atoms with van der Waals surface area (Å²) in [5.74, 6) is 1.28. The first-order chi connectivity index (χ1) is 11.5. The Balaban J connectivity index is 2.29. The molecule has 6 heteroatoms. The number of para-hydroxylation sites is 1. The highest BCUT2D eigenvalue weighted by atomic mass is 16.5. The predicted molar refractivity (Wildman–Crippen MR) is 93.9 cm³/mol. The molecule has 1 N–H and O–H groups in total. The van der Waals surface area contributed by atoms with Crippen LogP contribution in [0.2, 0.25) is 0 Å². The third-order valence-corrected chi connectivity index (χ3v) is 3.59. The van der Waals surface area contributed by atoms with Gasteiger partial charge in [-0.25, -0.2) is 4.98 Å². The van der Waals surface area contributed by atoms with Crippen LogP contribution in [0.5, 0.6) is 5.75 Å². The number of hydrogen-bond donors (Lipinski definition) is 1. The standard InChI is InChI=1S/C18H24N4O2/c1-21(2)12-7-10-16(23)20-17(18-19-11-13-22(18)3)14-8-5-6-9-15(14)24-4/h5-11,13,17H,12H2,1-4H3,(H,20,23)/b10-7+. The van der Waals surface area contributed by atoms with Crippen LogP contribution in [-0.2, 0) is 11.8 Å². The number of likely N-dealkylation sites (N-methyl/N-ethyl adjacent to an activating group) is 1. The molecule has 2 rings (SSSR count). The summed E-state index contributed by atoms with van der Waals surface area (Å²) >= 11 is 0. The minimum absolute atomic E-state index is 0.171. The molecule has 1 atom stereocenters. The Bertz CT molecular complexity index is 707. The number of ether oxygens (including phenoxy) is 1.